The van der Waals surface area contributed by atoms with Gasteiger partial charge in [0, 0.05) is 14.1 Å². The van der Waals surface area contributed by atoms with E-state index in [-0.39, 0.29) is 29.4 Å². The van der Waals surface area contributed by atoms with Crippen LogP contribution in [0.2, 0.25) is 0 Å². The summed E-state index contributed by atoms with van der Waals surface area (Å²) >= 11 is 0. The third-order valence-electron chi connectivity index (χ3n) is 3.94. The van der Waals surface area contributed by atoms with Crippen LogP contribution in [0.5, 0.6) is 11.5 Å². The van der Waals surface area contributed by atoms with E-state index in [4.69, 9.17) is 14.2 Å². The molecule has 8 heteroatoms. The van der Waals surface area contributed by atoms with Crippen molar-refractivity contribution in [3.05, 3.63) is 53.1 Å². The number of hydrogen-bond acceptors (Lipinski definition) is 6. The van der Waals surface area contributed by atoms with E-state index in [1.165, 1.54) is 39.4 Å². The number of carbonyl (C=O) groups excluding carboxylic acids is 1. The first-order valence-electron chi connectivity index (χ1n) is 8.64. The van der Waals surface area contributed by atoms with Crippen molar-refractivity contribution in [1.82, 2.24) is 4.31 Å². The predicted octanol–water partition coefficient (Wildman–Crippen LogP) is 2.80. The summed E-state index contributed by atoms with van der Waals surface area (Å²) in [5.41, 5.74) is 2.28. The van der Waals surface area contributed by atoms with Gasteiger partial charge in [-0.15, -0.1) is 0 Å². The summed E-state index contributed by atoms with van der Waals surface area (Å²) in [5, 5.41) is 0. The highest BCUT2D eigenvalue weighted by molar-refractivity contribution is 7.89. The highest BCUT2D eigenvalue weighted by Crippen LogP contribution is 2.27. The Kier molecular flexibility index (Phi) is 7.04. The van der Waals surface area contributed by atoms with Gasteiger partial charge in [-0.05, 0) is 55.3 Å². The van der Waals surface area contributed by atoms with Gasteiger partial charge in [-0.1, -0.05) is 6.07 Å². The third kappa shape index (κ3) is 5.24. The minimum atomic E-state index is -3.77. The lowest BCUT2D eigenvalue weighted by Gasteiger charge is -2.15. The Morgan fingerprint density at radius 3 is 2.21 bits per heavy atom. The summed E-state index contributed by atoms with van der Waals surface area (Å²) in [6.07, 6.45) is 0. The summed E-state index contributed by atoms with van der Waals surface area (Å²) in [6, 6.07) is 9.98. The van der Waals surface area contributed by atoms with Crippen molar-refractivity contribution in [2.24, 2.45) is 0 Å². The highest BCUT2D eigenvalue weighted by atomic mass is 32.2. The Morgan fingerprint density at radius 2 is 1.64 bits per heavy atom. The molecule has 0 saturated carbocycles. The van der Waals surface area contributed by atoms with Crippen LogP contribution in [0.1, 0.15) is 21.5 Å². The highest BCUT2D eigenvalue weighted by Gasteiger charge is 2.24. The quantitative estimate of drug-likeness (QED) is 0.494. The van der Waals surface area contributed by atoms with Gasteiger partial charge in [-0.2, -0.15) is 0 Å². The molecule has 2 aromatic rings. The molecular weight excluding hydrogens is 382 g/mol. The Balaban J connectivity index is 2.04. The van der Waals surface area contributed by atoms with Crippen LogP contribution >= 0.6 is 0 Å². The number of benzene rings is 2. The smallest absolute Gasteiger partial charge is 0.338 e. The van der Waals surface area contributed by atoms with E-state index in [1.54, 1.807) is 0 Å². The van der Waals surface area contributed by atoms with E-state index in [9.17, 15) is 13.2 Å². The second-order valence-electron chi connectivity index (χ2n) is 6.46. The van der Waals surface area contributed by atoms with Gasteiger partial charge < -0.3 is 14.2 Å². The molecule has 7 nitrogen and oxygen atoms in total. The van der Waals surface area contributed by atoms with Crippen molar-refractivity contribution in [2.75, 3.05) is 34.4 Å². The van der Waals surface area contributed by atoms with Gasteiger partial charge in [-0.25, -0.2) is 17.5 Å². The molecule has 152 valence electrons. The second-order valence-corrected chi connectivity index (χ2v) is 8.58. The number of sulfonamides is 1. The summed E-state index contributed by atoms with van der Waals surface area (Å²) < 4.78 is 41.8. The average molecular weight is 407 g/mol. The van der Waals surface area contributed by atoms with Gasteiger partial charge in [0.15, 0.2) is 0 Å². The van der Waals surface area contributed by atoms with Gasteiger partial charge in [0.25, 0.3) is 0 Å². The van der Waals surface area contributed by atoms with Crippen molar-refractivity contribution >= 4 is 16.0 Å². The standard InChI is InChI=1S/C20H25NO6S/c1-14-10-15(2)12-17(11-14)26-8-9-27-20(22)16-6-7-18(25-5)19(13-16)28(23,24)21(3)4/h6-7,10-13H,8-9H2,1-5H3. The topological polar surface area (TPSA) is 82.1 Å². The lowest BCUT2D eigenvalue weighted by Crippen LogP contribution is -2.23. The van der Waals surface area contributed by atoms with E-state index in [0.717, 1.165) is 15.4 Å². The Morgan fingerprint density at radius 1 is 1.00 bits per heavy atom. The van der Waals surface area contributed by atoms with Crippen LogP contribution in [0.25, 0.3) is 0 Å². The number of carbonyl (C=O) groups is 1. The number of esters is 1. The van der Waals surface area contributed by atoms with E-state index in [1.807, 2.05) is 32.0 Å². The summed E-state index contributed by atoms with van der Waals surface area (Å²) in [4.78, 5) is 12.2. The molecule has 0 amide bonds. The molecule has 0 spiro atoms. The fraction of sp³-hybridized carbons (Fsp3) is 0.350. The summed E-state index contributed by atoms with van der Waals surface area (Å²) in [5.74, 6) is 0.225. The fourth-order valence-corrected chi connectivity index (χ4v) is 3.67. The molecule has 2 rings (SSSR count). The maximum atomic E-state index is 12.4. The first kappa shape index (κ1) is 21.7. The maximum Gasteiger partial charge on any atom is 0.338 e. The number of nitrogens with zero attached hydrogens (tertiary/aromatic N) is 1. The van der Waals surface area contributed by atoms with Crippen LogP contribution in [0, 0.1) is 13.8 Å². The van der Waals surface area contributed by atoms with Crippen molar-refractivity contribution in [1.29, 1.82) is 0 Å². The van der Waals surface area contributed by atoms with Crippen LogP contribution in [0.15, 0.2) is 41.3 Å². The summed E-state index contributed by atoms with van der Waals surface area (Å²) in [7, 11) is 0.412. The molecule has 0 aromatic heterocycles. The molecule has 0 unspecified atom stereocenters. The lowest BCUT2D eigenvalue weighted by molar-refractivity contribution is 0.0450. The molecule has 0 bridgehead atoms. The van der Waals surface area contributed by atoms with Crippen molar-refractivity contribution in [2.45, 2.75) is 18.7 Å². The first-order valence-corrected chi connectivity index (χ1v) is 10.1. The molecule has 0 aliphatic rings. The number of aryl methyl sites for hydroxylation is 2. The fourth-order valence-electron chi connectivity index (χ4n) is 2.60. The number of rotatable bonds is 8. The van der Waals surface area contributed by atoms with Crippen molar-refractivity contribution in [3.63, 3.8) is 0 Å². The molecule has 0 N–H and O–H groups in total. The number of ether oxygens (including phenoxy) is 3. The van der Waals surface area contributed by atoms with Gasteiger partial charge >= 0.3 is 5.97 Å². The average Bonchev–Trinajstić information content (AvgIpc) is 2.63. The van der Waals surface area contributed by atoms with Crippen LogP contribution in [-0.4, -0.2) is 53.1 Å². The van der Waals surface area contributed by atoms with Gasteiger partial charge in [-0.3, -0.25) is 0 Å². The minimum Gasteiger partial charge on any atom is -0.495 e. The van der Waals surface area contributed by atoms with E-state index < -0.39 is 16.0 Å². The molecule has 0 fully saturated rings. The molecular formula is C20H25NO6S. The maximum absolute atomic E-state index is 12.4. The van der Waals surface area contributed by atoms with Crippen molar-refractivity contribution in [3.8, 4) is 11.5 Å². The van der Waals surface area contributed by atoms with E-state index in [0.29, 0.717) is 5.75 Å². The van der Waals surface area contributed by atoms with Gasteiger partial charge in [0.1, 0.15) is 29.6 Å². The molecule has 0 aliphatic heterocycles. The molecule has 0 aliphatic carbocycles. The SMILES string of the molecule is COc1ccc(C(=O)OCCOc2cc(C)cc(C)c2)cc1S(=O)(=O)N(C)C. The monoisotopic (exact) mass is 407 g/mol. The zero-order valence-electron chi connectivity index (χ0n) is 16.7. The number of hydrogen-bond donors (Lipinski definition) is 0. The predicted molar refractivity (Wildman–Crippen MR) is 106 cm³/mol. The molecule has 0 atom stereocenters. The zero-order chi connectivity index (χ0) is 20.9. The van der Waals surface area contributed by atoms with E-state index in [2.05, 4.69) is 0 Å². The van der Waals surface area contributed by atoms with Gasteiger partial charge in [0.2, 0.25) is 10.0 Å². The molecule has 0 heterocycles. The Hall–Kier alpha value is -2.58. The van der Waals surface area contributed by atoms with Crippen LogP contribution in [0.3, 0.4) is 0 Å². The van der Waals surface area contributed by atoms with E-state index >= 15 is 0 Å². The zero-order valence-corrected chi connectivity index (χ0v) is 17.5. The third-order valence-corrected chi connectivity index (χ3v) is 5.77. The molecule has 0 saturated heterocycles. The number of methoxy groups -OCH3 is 1. The molecule has 2 aromatic carbocycles. The molecule has 28 heavy (non-hydrogen) atoms. The molecule has 0 radical (unpaired) electrons. The van der Waals surface area contributed by atoms with Crippen molar-refractivity contribution < 1.29 is 27.4 Å². The Labute approximate surface area is 165 Å². The van der Waals surface area contributed by atoms with Crippen LogP contribution in [-0.2, 0) is 14.8 Å². The van der Waals surface area contributed by atoms with Gasteiger partial charge in [0.05, 0.1) is 12.7 Å². The van der Waals surface area contributed by atoms with Crippen LogP contribution < -0.4 is 9.47 Å². The summed E-state index contributed by atoms with van der Waals surface area (Å²) in [6.45, 7) is 4.17. The first-order chi connectivity index (χ1) is 13.1. The lowest BCUT2D eigenvalue weighted by atomic mass is 10.1. The largest absolute Gasteiger partial charge is 0.495 e. The minimum absolute atomic E-state index is 0.0353. The normalized spacial score (nSPS) is 11.4. The van der Waals surface area contributed by atoms with Crippen LogP contribution in [0.4, 0.5) is 0 Å². The Bertz CT molecular complexity index is 933. The second kappa shape index (κ2) is 9.07.